The third-order valence-electron chi connectivity index (χ3n) is 2.29. The smallest absolute Gasteiger partial charge is 0.169 e. The van der Waals surface area contributed by atoms with E-state index in [9.17, 15) is 5.11 Å². The summed E-state index contributed by atoms with van der Waals surface area (Å²) in [5, 5.41) is 10.6. The average Bonchev–Trinajstić information content (AvgIpc) is 2.68. The molecule has 0 spiro atoms. The van der Waals surface area contributed by atoms with Gasteiger partial charge in [-0.2, -0.15) is 0 Å². The van der Waals surface area contributed by atoms with Crippen molar-refractivity contribution in [3.8, 4) is 0 Å². The lowest BCUT2D eigenvalue weighted by atomic mass is 10.1. The first kappa shape index (κ1) is 11.7. The number of hydrogen-bond donors (Lipinski definition) is 1. The van der Waals surface area contributed by atoms with Crippen LogP contribution in [0.5, 0.6) is 0 Å². The van der Waals surface area contributed by atoms with E-state index in [0.717, 1.165) is 5.56 Å². The summed E-state index contributed by atoms with van der Waals surface area (Å²) >= 11 is 9.21. The van der Waals surface area contributed by atoms with E-state index >= 15 is 0 Å². The van der Waals surface area contributed by atoms with Crippen molar-refractivity contribution < 1.29 is 9.52 Å². The van der Waals surface area contributed by atoms with Gasteiger partial charge in [0.25, 0.3) is 0 Å². The first-order valence-electron chi connectivity index (χ1n) is 4.83. The fourth-order valence-electron chi connectivity index (χ4n) is 1.48. The maximum absolute atomic E-state index is 9.94. The van der Waals surface area contributed by atoms with Gasteiger partial charge in [0, 0.05) is 11.4 Å². The minimum atomic E-state index is -0.675. The molecule has 1 aromatic carbocycles. The molecule has 0 saturated heterocycles. The van der Waals surface area contributed by atoms with Crippen LogP contribution in [0.2, 0.25) is 5.02 Å². The topological polar surface area (TPSA) is 33.4 Å². The molecule has 0 saturated carbocycles. The second-order valence-electron chi connectivity index (χ2n) is 3.45. The summed E-state index contributed by atoms with van der Waals surface area (Å²) in [4.78, 5) is 0. The van der Waals surface area contributed by atoms with Crippen LogP contribution in [0, 0.1) is 0 Å². The van der Waals surface area contributed by atoms with Crippen LogP contribution in [-0.2, 0) is 6.42 Å². The van der Waals surface area contributed by atoms with Gasteiger partial charge in [0.1, 0.15) is 11.9 Å². The minimum Gasteiger partial charge on any atom is -0.452 e. The van der Waals surface area contributed by atoms with Crippen LogP contribution in [0.25, 0.3) is 0 Å². The number of hydrogen-bond acceptors (Lipinski definition) is 2. The van der Waals surface area contributed by atoms with Crippen LogP contribution in [0.1, 0.15) is 17.4 Å². The van der Waals surface area contributed by atoms with Crippen LogP contribution in [0.3, 0.4) is 0 Å². The zero-order chi connectivity index (χ0) is 11.5. The van der Waals surface area contributed by atoms with Crippen molar-refractivity contribution >= 4 is 27.5 Å². The molecule has 0 aliphatic heterocycles. The summed E-state index contributed by atoms with van der Waals surface area (Å²) in [7, 11) is 0. The molecule has 0 fully saturated rings. The van der Waals surface area contributed by atoms with Crippen molar-refractivity contribution in [2.24, 2.45) is 0 Å². The standard InChI is InChI=1S/C12H10BrClO2/c13-12-6-5-11(16-12)10(15)7-8-3-1-2-4-9(8)14/h1-6,10,15H,7H2/t10-/m0/s1. The highest BCUT2D eigenvalue weighted by atomic mass is 79.9. The van der Waals surface area contributed by atoms with Gasteiger partial charge in [-0.1, -0.05) is 29.8 Å². The first-order chi connectivity index (χ1) is 7.66. The van der Waals surface area contributed by atoms with Crippen molar-refractivity contribution in [2.75, 3.05) is 0 Å². The van der Waals surface area contributed by atoms with Crippen LogP contribution in [0.4, 0.5) is 0 Å². The Morgan fingerprint density at radius 3 is 2.62 bits per heavy atom. The number of aliphatic hydroxyl groups is 1. The van der Waals surface area contributed by atoms with Crippen molar-refractivity contribution in [1.29, 1.82) is 0 Å². The van der Waals surface area contributed by atoms with Gasteiger partial charge < -0.3 is 9.52 Å². The Balaban J connectivity index is 2.13. The third kappa shape index (κ3) is 2.67. The summed E-state index contributed by atoms with van der Waals surface area (Å²) < 4.78 is 5.89. The summed E-state index contributed by atoms with van der Waals surface area (Å²) in [6.45, 7) is 0. The van der Waals surface area contributed by atoms with Crippen LogP contribution >= 0.6 is 27.5 Å². The Morgan fingerprint density at radius 1 is 1.25 bits per heavy atom. The first-order valence-corrected chi connectivity index (χ1v) is 6.00. The van der Waals surface area contributed by atoms with E-state index < -0.39 is 6.10 Å². The predicted octanol–water partition coefficient (Wildman–Crippen LogP) is 3.97. The van der Waals surface area contributed by atoms with Crippen molar-refractivity contribution in [2.45, 2.75) is 12.5 Å². The number of rotatable bonds is 3. The summed E-state index contributed by atoms with van der Waals surface area (Å²) in [5.41, 5.74) is 0.907. The van der Waals surface area contributed by atoms with Gasteiger partial charge in [0.15, 0.2) is 4.67 Å². The van der Waals surface area contributed by atoms with Crippen molar-refractivity contribution in [1.82, 2.24) is 0 Å². The van der Waals surface area contributed by atoms with Crippen LogP contribution < -0.4 is 0 Å². The third-order valence-corrected chi connectivity index (χ3v) is 3.09. The average molecular weight is 302 g/mol. The van der Waals surface area contributed by atoms with Gasteiger partial charge in [-0.3, -0.25) is 0 Å². The molecule has 4 heteroatoms. The van der Waals surface area contributed by atoms with Gasteiger partial charge in [-0.15, -0.1) is 0 Å². The van der Waals surface area contributed by atoms with Gasteiger partial charge in [0.2, 0.25) is 0 Å². The molecule has 1 N–H and O–H groups in total. The highest BCUT2D eigenvalue weighted by Gasteiger charge is 2.13. The zero-order valence-electron chi connectivity index (χ0n) is 8.36. The molecule has 16 heavy (non-hydrogen) atoms. The van der Waals surface area contributed by atoms with E-state index in [1.165, 1.54) is 0 Å². The Morgan fingerprint density at radius 2 is 2.00 bits per heavy atom. The van der Waals surface area contributed by atoms with E-state index in [4.69, 9.17) is 16.0 Å². The predicted molar refractivity (Wildman–Crippen MR) is 66.5 cm³/mol. The summed E-state index contributed by atoms with van der Waals surface area (Å²) in [5.74, 6) is 0.534. The Kier molecular flexibility index (Phi) is 3.69. The Labute approximate surface area is 107 Å². The lowest BCUT2D eigenvalue weighted by molar-refractivity contribution is 0.149. The van der Waals surface area contributed by atoms with Crippen molar-refractivity contribution in [3.63, 3.8) is 0 Å². The number of halogens is 2. The molecule has 0 aliphatic rings. The molecule has 2 aromatic rings. The monoisotopic (exact) mass is 300 g/mol. The highest BCUT2D eigenvalue weighted by Crippen LogP contribution is 2.26. The molecule has 0 amide bonds. The molecule has 0 bridgehead atoms. The molecule has 0 radical (unpaired) electrons. The van der Waals surface area contributed by atoms with Crippen LogP contribution in [0.15, 0.2) is 45.5 Å². The molecule has 2 nitrogen and oxygen atoms in total. The lowest BCUT2D eigenvalue weighted by Crippen LogP contribution is -2.00. The summed E-state index contributed by atoms with van der Waals surface area (Å²) in [6.07, 6.45) is -0.231. The molecule has 1 aromatic heterocycles. The highest BCUT2D eigenvalue weighted by molar-refractivity contribution is 9.10. The largest absolute Gasteiger partial charge is 0.452 e. The number of furan rings is 1. The van der Waals surface area contributed by atoms with E-state index in [1.807, 2.05) is 24.3 Å². The maximum atomic E-state index is 9.94. The maximum Gasteiger partial charge on any atom is 0.169 e. The van der Waals surface area contributed by atoms with E-state index in [-0.39, 0.29) is 0 Å². The second-order valence-corrected chi connectivity index (χ2v) is 4.64. The van der Waals surface area contributed by atoms with Gasteiger partial charge in [0.05, 0.1) is 0 Å². The molecule has 1 heterocycles. The van der Waals surface area contributed by atoms with E-state index in [0.29, 0.717) is 21.9 Å². The normalized spacial score (nSPS) is 12.7. The molecule has 2 rings (SSSR count). The molecule has 1 atom stereocenters. The number of benzene rings is 1. The fourth-order valence-corrected chi connectivity index (χ4v) is 2.01. The van der Waals surface area contributed by atoms with Crippen LogP contribution in [-0.4, -0.2) is 5.11 Å². The molecular formula is C12H10BrClO2. The Bertz CT molecular complexity index is 481. The van der Waals surface area contributed by atoms with Gasteiger partial charge in [-0.25, -0.2) is 0 Å². The zero-order valence-corrected chi connectivity index (χ0v) is 10.7. The molecule has 0 unspecified atom stereocenters. The van der Waals surface area contributed by atoms with E-state index in [1.54, 1.807) is 12.1 Å². The molecular weight excluding hydrogens is 291 g/mol. The SMILES string of the molecule is O[C@@H](Cc1ccccc1Cl)c1ccc(Br)o1. The van der Waals surface area contributed by atoms with Gasteiger partial charge in [-0.05, 0) is 39.7 Å². The fraction of sp³-hybridized carbons (Fsp3) is 0.167. The molecule has 84 valence electrons. The minimum absolute atomic E-state index is 0.444. The second kappa shape index (κ2) is 5.04. The Hall–Kier alpha value is -0.770. The lowest BCUT2D eigenvalue weighted by Gasteiger charge is -2.08. The number of aliphatic hydroxyl groups excluding tert-OH is 1. The quantitative estimate of drug-likeness (QED) is 0.930. The van der Waals surface area contributed by atoms with Gasteiger partial charge >= 0.3 is 0 Å². The molecule has 0 aliphatic carbocycles. The van der Waals surface area contributed by atoms with E-state index in [2.05, 4.69) is 15.9 Å². The van der Waals surface area contributed by atoms with Crippen molar-refractivity contribution in [3.05, 3.63) is 57.4 Å². The summed E-state index contributed by atoms with van der Waals surface area (Å²) in [6, 6.07) is 11.0.